The van der Waals surface area contributed by atoms with Gasteiger partial charge in [0.25, 0.3) is 0 Å². The number of hydrogen-bond donors (Lipinski definition) is 0. The average Bonchev–Trinajstić information content (AvgIpc) is 2.54. The number of methoxy groups -OCH3 is 1. The van der Waals surface area contributed by atoms with E-state index < -0.39 is 0 Å². The van der Waals surface area contributed by atoms with Gasteiger partial charge in [0.2, 0.25) is 0 Å². The summed E-state index contributed by atoms with van der Waals surface area (Å²) >= 11 is 6.02. The molecule has 21 heavy (non-hydrogen) atoms. The summed E-state index contributed by atoms with van der Waals surface area (Å²) in [5.41, 5.74) is 3.35. The second kappa shape index (κ2) is 5.90. The highest BCUT2D eigenvalue weighted by Crippen LogP contribution is 2.30. The second-order valence-corrected chi connectivity index (χ2v) is 5.83. The highest BCUT2D eigenvalue weighted by atomic mass is 35.5. The Hall–Kier alpha value is -1.80. The summed E-state index contributed by atoms with van der Waals surface area (Å²) in [7, 11) is 1.56. The van der Waals surface area contributed by atoms with Gasteiger partial charge in [-0.3, -0.25) is 4.79 Å². The Morgan fingerprint density at radius 3 is 2.71 bits per heavy atom. The first-order valence-corrected chi connectivity index (χ1v) is 7.51. The van der Waals surface area contributed by atoms with Gasteiger partial charge in [0.1, 0.15) is 5.75 Å². The Balaban J connectivity index is 1.84. The van der Waals surface area contributed by atoms with Crippen LogP contribution < -0.4 is 4.74 Å². The first-order valence-electron chi connectivity index (χ1n) is 7.13. The van der Waals surface area contributed by atoms with Gasteiger partial charge < -0.3 is 4.74 Å². The van der Waals surface area contributed by atoms with Gasteiger partial charge >= 0.3 is 0 Å². The molecule has 2 aromatic carbocycles. The van der Waals surface area contributed by atoms with Gasteiger partial charge in [-0.1, -0.05) is 35.9 Å². The van der Waals surface area contributed by atoms with E-state index in [9.17, 15) is 4.79 Å². The van der Waals surface area contributed by atoms with Crippen LogP contribution in [0.5, 0.6) is 5.75 Å². The first kappa shape index (κ1) is 14.2. The van der Waals surface area contributed by atoms with E-state index in [2.05, 4.69) is 18.2 Å². The van der Waals surface area contributed by atoms with Crippen molar-refractivity contribution >= 4 is 17.4 Å². The van der Waals surface area contributed by atoms with Crippen LogP contribution in [-0.4, -0.2) is 12.9 Å². The number of halogens is 1. The molecule has 2 aromatic rings. The molecular formula is C18H17ClO2. The zero-order chi connectivity index (χ0) is 14.8. The maximum atomic E-state index is 12.7. The number of ketones is 1. The van der Waals surface area contributed by atoms with Crippen LogP contribution in [0.4, 0.5) is 0 Å². The Morgan fingerprint density at radius 2 is 1.95 bits per heavy atom. The third-order valence-corrected chi connectivity index (χ3v) is 4.47. The SMILES string of the molecule is COc1cc(C(=O)C2CCc3ccccc3C2)ccc1Cl. The zero-order valence-corrected chi connectivity index (χ0v) is 12.7. The molecule has 0 N–H and O–H groups in total. The normalized spacial score (nSPS) is 17.1. The van der Waals surface area contributed by atoms with Gasteiger partial charge in [-0.05, 0) is 48.6 Å². The van der Waals surface area contributed by atoms with Crippen molar-refractivity contribution in [2.45, 2.75) is 19.3 Å². The third kappa shape index (κ3) is 2.81. The number of carbonyl (C=O) groups excluding carboxylic acids is 1. The molecular weight excluding hydrogens is 284 g/mol. The number of ether oxygens (including phenoxy) is 1. The fourth-order valence-corrected chi connectivity index (χ4v) is 3.17. The van der Waals surface area contributed by atoms with Crippen LogP contribution in [0.25, 0.3) is 0 Å². The van der Waals surface area contributed by atoms with E-state index in [4.69, 9.17) is 16.3 Å². The molecule has 0 radical (unpaired) electrons. The zero-order valence-electron chi connectivity index (χ0n) is 11.9. The highest BCUT2D eigenvalue weighted by molar-refractivity contribution is 6.32. The first-order chi connectivity index (χ1) is 10.2. The van der Waals surface area contributed by atoms with Crippen molar-refractivity contribution < 1.29 is 9.53 Å². The van der Waals surface area contributed by atoms with Crippen LogP contribution in [0.1, 0.15) is 27.9 Å². The van der Waals surface area contributed by atoms with E-state index in [1.807, 2.05) is 6.07 Å². The molecule has 0 heterocycles. The topological polar surface area (TPSA) is 26.3 Å². The molecule has 3 heteroatoms. The largest absolute Gasteiger partial charge is 0.495 e. The van der Waals surface area contributed by atoms with E-state index >= 15 is 0 Å². The summed E-state index contributed by atoms with van der Waals surface area (Å²) in [5, 5.41) is 0.531. The molecule has 1 aliphatic carbocycles. The molecule has 0 saturated heterocycles. The van der Waals surface area contributed by atoms with Crippen LogP contribution in [-0.2, 0) is 12.8 Å². The van der Waals surface area contributed by atoms with Crippen molar-refractivity contribution in [2.24, 2.45) is 5.92 Å². The van der Waals surface area contributed by atoms with Crippen LogP contribution in [0.2, 0.25) is 5.02 Å². The van der Waals surface area contributed by atoms with Crippen molar-refractivity contribution in [1.29, 1.82) is 0 Å². The lowest BCUT2D eigenvalue weighted by molar-refractivity contribution is 0.0908. The number of aryl methyl sites for hydroxylation is 1. The predicted molar refractivity (Wildman–Crippen MR) is 84.3 cm³/mol. The van der Waals surface area contributed by atoms with Crippen LogP contribution >= 0.6 is 11.6 Å². The molecule has 3 rings (SSSR count). The van der Waals surface area contributed by atoms with Gasteiger partial charge in [0.15, 0.2) is 5.78 Å². The maximum absolute atomic E-state index is 12.7. The molecule has 2 nitrogen and oxygen atoms in total. The van der Waals surface area contributed by atoms with Crippen molar-refractivity contribution in [3.63, 3.8) is 0 Å². The van der Waals surface area contributed by atoms with Crippen LogP contribution in [0.3, 0.4) is 0 Å². The van der Waals surface area contributed by atoms with E-state index in [0.717, 1.165) is 19.3 Å². The Morgan fingerprint density at radius 1 is 1.19 bits per heavy atom. The van der Waals surface area contributed by atoms with Crippen LogP contribution in [0, 0.1) is 5.92 Å². The number of hydrogen-bond acceptors (Lipinski definition) is 2. The third-order valence-electron chi connectivity index (χ3n) is 4.15. The lowest BCUT2D eigenvalue weighted by Gasteiger charge is -2.23. The number of benzene rings is 2. The van der Waals surface area contributed by atoms with E-state index in [1.165, 1.54) is 11.1 Å². The predicted octanol–water partition coefficient (Wildman–Crippen LogP) is 4.34. The highest BCUT2D eigenvalue weighted by Gasteiger charge is 2.25. The molecule has 1 atom stereocenters. The fraction of sp³-hybridized carbons (Fsp3) is 0.278. The number of rotatable bonds is 3. The fourth-order valence-electron chi connectivity index (χ4n) is 2.97. The lowest BCUT2D eigenvalue weighted by Crippen LogP contribution is -2.22. The minimum absolute atomic E-state index is 0.0470. The van der Waals surface area contributed by atoms with Gasteiger partial charge in [-0.15, -0.1) is 0 Å². The van der Waals surface area contributed by atoms with Crippen LogP contribution in [0.15, 0.2) is 42.5 Å². The summed E-state index contributed by atoms with van der Waals surface area (Å²) in [4.78, 5) is 12.7. The maximum Gasteiger partial charge on any atom is 0.166 e. The molecule has 108 valence electrons. The molecule has 0 aromatic heterocycles. The minimum atomic E-state index is 0.0470. The smallest absolute Gasteiger partial charge is 0.166 e. The van der Waals surface area contributed by atoms with Gasteiger partial charge in [-0.25, -0.2) is 0 Å². The molecule has 0 spiro atoms. The molecule has 0 fully saturated rings. The van der Waals surface area contributed by atoms with Crippen molar-refractivity contribution in [3.05, 3.63) is 64.2 Å². The minimum Gasteiger partial charge on any atom is -0.495 e. The van der Waals surface area contributed by atoms with Gasteiger partial charge in [0.05, 0.1) is 12.1 Å². The molecule has 1 unspecified atom stereocenters. The monoisotopic (exact) mass is 300 g/mol. The summed E-state index contributed by atoms with van der Waals surface area (Å²) in [6.07, 6.45) is 2.69. The van der Waals surface area contributed by atoms with Gasteiger partial charge in [-0.2, -0.15) is 0 Å². The molecule has 1 aliphatic rings. The molecule has 0 saturated carbocycles. The Labute approximate surface area is 129 Å². The van der Waals surface area contributed by atoms with Crippen molar-refractivity contribution in [2.75, 3.05) is 7.11 Å². The summed E-state index contributed by atoms with van der Waals surface area (Å²) < 4.78 is 5.20. The lowest BCUT2D eigenvalue weighted by atomic mass is 9.80. The van der Waals surface area contributed by atoms with E-state index in [0.29, 0.717) is 16.3 Å². The van der Waals surface area contributed by atoms with E-state index in [-0.39, 0.29) is 11.7 Å². The summed E-state index contributed by atoms with van der Waals surface area (Å²) in [6, 6.07) is 13.6. The molecule has 0 aliphatic heterocycles. The Kier molecular flexibility index (Phi) is 3.98. The van der Waals surface area contributed by atoms with E-state index in [1.54, 1.807) is 25.3 Å². The molecule has 0 bridgehead atoms. The number of Topliss-reactive ketones (excluding diaryl/α,β-unsaturated/α-hetero) is 1. The van der Waals surface area contributed by atoms with Crippen molar-refractivity contribution in [3.8, 4) is 5.75 Å². The number of carbonyl (C=O) groups is 1. The number of fused-ring (bicyclic) bond motifs is 1. The molecule has 0 amide bonds. The average molecular weight is 301 g/mol. The second-order valence-electron chi connectivity index (χ2n) is 5.42. The summed E-state index contributed by atoms with van der Waals surface area (Å²) in [6.45, 7) is 0. The Bertz CT molecular complexity index is 679. The standard InChI is InChI=1S/C18H17ClO2/c1-21-17-11-15(8-9-16(17)19)18(20)14-7-6-12-4-2-3-5-13(12)10-14/h2-5,8-9,11,14H,6-7,10H2,1H3. The quantitative estimate of drug-likeness (QED) is 0.788. The van der Waals surface area contributed by atoms with Gasteiger partial charge in [0, 0.05) is 11.5 Å². The van der Waals surface area contributed by atoms with Crippen molar-refractivity contribution in [1.82, 2.24) is 0 Å². The summed E-state index contributed by atoms with van der Waals surface area (Å²) in [5.74, 6) is 0.781.